The molecular formula is C34H31F2N9O2S. The van der Waals surface area contributed by atoms with E-state index in [1.165, 1.54) is 23.1 Å². The van der Waals surface area contributed by atoms with Gasteiger partial charge in [-0.05, 0) is 43.7 Å². The highest BCUT2D eigenvalue weighted by atomic mass is 32.2. The van der Waals surface area contributed by atoms with E-state index in [2.05, 4.69) is 25.7 Å². The number of para-hydroxylation sites is 1. The number of rotatable bonds is 3. The average molecular weight is 668 g/mol. The number of anilines is 1. The number of carbonyl (C=O) groups excluding carboxylic acids is 1. The van der Waals surface area contributed by atoms with Gasteiger partial charge in [0.1, 0.15) is 35.5 Å². The minimum absolute atomic E-state index is 0.00313. The average Bonchev–Trinajstić information content (AvgIpc) is 3.79. The first-order valence-corrected chi connectivity index (χ1v) is 16.5. The fourth-order valence-electron chi connectivity index (χ4n) is 6.83. The number of pyridine rings is 1. The number of imidazole rings is 1. The van der Waals surface area contributed by atoms with Crippen molar-refractivity contribution in [3.8, 4) is 16.9 Å². The molecule has 4 aromatic heterocycles. The van der Waals surface area contributed by atoms with Crippen molar-refractivity contribution in [2.45, 2.75) is 42.3 Å². The third-order valence-electron chi connectivity index (χ3n) is 9.12. The number of amides is 1. The van der Waals surface area contributed by atoms with Crippen molar-refractivity contribution in [2.75, 3.05) is 32.1 Å². The molecule has 2 aliphatic heterocycles. The number of halogens is 2. The summed E-state index contributed by atoms with van der Waals surface area (Å²) in [7, 11) is 3.45. The zero-order chi connectivity index (χ0) is 33.1. The van der Waals surface area contributed by atoms with Gasteiger partial charge in [0.25, 0.3) is 0 Å². The highest BCUT2D eigenvalue weighted by molar-refractivity contribution is 7.99. The SMILES string of the molecule is COC1CN(C)C(=O)[C@@H]2C[C@@H](CN2c2ncnc3c2cnn3-c2ccc(F)cc2F)Sc2cccc(n2)-c2cccc3nc(C)n(c23)C1. The maximum atomic E-state index is 14.8. The Morgan fingerprint density at radius 2 is 1.85 bits per heavy atom. The van der Waals surface area contributed by atoms with Crippen molar-refractivity contribution >= 4 is 45.6 Å². The second kappa shape index (κ2) is 11.9. The van der Waals surface area contributed by atoms with Crippen LogP contribution in [0.5, 0.6) is 0 Å². The Bertz CT molecular complexity index is 2200. The van der Waals surface area contributed by atoms with Gasteiger partial charge in [-0.25, -0.2) is 33.4 Å². The lowest BCUT2D eigenvalue weighted by atomic mass is 10.1. The van der Waals surface area contributed by atoms with E-state index in [0.717, 1.165) is 39.2 Å². The summed E-state index contributed by atoms with van der Waals surface area (Å²) in [6.45, 7) is 3.32. The summed E-state index contributed by atoms with van der Waals surface area (Å²) in [6, 6.07) is 14.8. The molecule has 8 rings (SSSR count). The van der Waals surface area contributed by atoms with Gasteiger partial charge in [0.2, 0.25) is 5.91 Å². The molecule has 0 spiro atoms. The van der Waals surface area contributed by atoms with Crippen LogP contribution in [0.3, 0.4) is 0 Å². The molecule has 6 aromatic rings. The molecule has 1 amide bonds. The van der Waals surface area contributed by atoms with E-state index in [1.54, 1.807) is 37.0 Å². The fourth-order valence-corrected chi connectivity index (χ4v) is 8.00. The molecule has 0 N–H and O–H groups in total. The standard InChI is InChI=1S/C34H31F2N9O2S/c1-19-40-27-8-4-6-23-26-7-5-9-30(41-26)48-22-13-29(34(46)42(2)15-21(47-3)16-43(19)31(23)27)44(17-22)32-24-14-39-45(33(24)38-18-37-32)28-11-10-20(35)12-25(28)36/h4-12,14,18,21-22,29H,13,15-17H2,1-3H3/t21?,22-,29-/m0/s1. The van der Waals surface area contributed by atoms with Crippen LogP contribution in [0, 0.1) is 18.6 Å². The molecule has 2 aliphatic rings. The molecule has 4 bridgehead atoms. The molecule has 3 atom stereocenters. The quantitative estimate of drug-likeness (QED) is 0.257. The second-order valence-corrected chi connectivity index (χ2v) is 13.4. The third-order valence-corrected chi connectivity index (χ3v) is 10.3. The second-order valence-electron chi connectivity index (χ2n) is 12.1. The van der Waals surface area contributed by atoms with Crippen molar-refractivity contribution in [1.82, 2.24) is 39.2 Å². The molecular weight excluding hydrogens is 636 g/mol. The maximum absolute atomic E-state index is 14.8. The summed E-state index contributed by atoms with van der Waals surface area (Å²) < 4.78 is 37.9. The molecule has 1 unspecified atom stereocenters. The lowest BCUT2D eigenvalue weighted by Crippen LogP contribution is -2.47. The van der Waals surface area contributed by atoms with Gasteiger partial charge in [0.15, 0.2) is 11.5 Å². The molecule has 11 nitrogen and oxygen atoms in total. The zero-order valence-corrected chi connectivity index (χ0v) is 27.2. The van der Waals surface area contributed by atoms with Crippen LogP contribution in [-0.4, -0.2) is 89.7 Å². The van der Waals surface area contributed by atoms with Crippen LogP contribution in [-0.2, 0) is 16.1 Å². The van der Waals surface area contributed by atoms with Crippen molar-refractivity contribution < 1.29 is 18.3 Å². The first-order valence-electron chi connectivity index (χ1n) is 15.6. The van der Waals surface area contributed by atoms with E-state index >= 15 is 0 Å². The first kappa shape index (κ1) is 30.4. The van der Waals surface area contributed by atoms with Gasteiger partial charge < -0.3 is 19.1 Å². The van der Waals surface area contributed by atoms with Crippen LogP contribution in [0.2, 0.25) is 0 Å². The van der Waals surface area contributed by atoms with Crippen LogP contribution in [0.4, 0.5) is 14.6 Å². The van der Waals surface area contributed by atoms with Crippen LogP contribution in [0.15, 0.2) is 72.1 Å². The van der Waals surface area contributed by atoms with Gasteiger partial charge in [-0.1, -0.05) is 18.2 Å². The monoisotopic (exact) mass is 667 g/mol. The topological polar surface area (TPSA) is 107 Å². The van der Waals surface area contributed by atoms with Gasteiger partial charge >= 0.3 is 0 Å². The van der Waals surface area contributed by atoms with E-state index in [9.17, 15) is 13.6 Å². The Balaban J connectivity index is 1.22. The minimum Gasteiger partial charge on any atom is -0.378 e. The lowest BCUT2D eigenvalue weighted by Gasteiger charge is -2.31. The number of aryl methyl sites for hydroxylation is 1. The van der Waals surface area contributed by atoms with Crippen molar-refractivity contribution in [2.24, 2.45) is 0 Å². The van der Waals surface area contributed by atoms with Crippen molar-refractivity contribution in [1.29, 1.82) is 0 Å². The van der Waals surface area contributed by atoms with Gasteiger partial charge in [0.05, 0.1) is 46.0 Å². The number of thioether (sulfide) groups is 1. The number of likely N-dealkylation sites (N-methyl/N-ethyl adjacent to an activating group) is 1. The predicted octanol–water partition coefficient (Wildman–Crippen LogP) is 5.04. The number of nitrogens with zero attached hydrogens (tertiary/aromatic N) is 9. The molecule has 1 fully saturated rings. The third kappa shape index (κ3) is 5.15. The Hall–Kier alpha value is -4.95. The van der Waals surface area contributed by atoms with E-state index < -0.39 is 17.7 Å². The number of fused-ring (bicyclic) bond motifs is 6. The summed E-state index contributed by atoms with van der Waals surface area (Å²) in [5.74, 6) is -0.165. The summed E-state index contributed by atoms with van der Waals surface area (Å²) in [4.78, 5) is 37.0. The molecule has 2 aromatic carbocycles. The van der Waals surface area contributed by atoms with E-state index in [0.29, 0.717) is 42.9 Å². The van der Waals surface area contributed by atoms with E-state index in [-0.39, 0.29) is 22.9 Å². The van der Waals surface area contributed by atoms with Gasteiger partial charge in [-0.15, -0.1) is 11.8 Å². The van der Waals surface area contributed by atoms with Crippen molar-refractivity contribution in [3.05, 3.63) is 84.6 Å². The predicted molar refractivity (Wildman–Crippen MR) is 178 cm³/mol. The van der Waals surface area contributed by atoms with Crippen LogP contribution in [0.25, 0.3) is 39.0 Å². The number of carbonyl (C=O) groups is 1. The molecule has 0 saturated carbocycles. The number of hydrogen-bond donors (Lipinski definition) is 0. The highest BCUT2D eigenvalue weighted by Gasteiger charge is 2.41. The Labute approximate surface area is 278 Å². The maximum Gasteiger partial charge on any atom is 0.245 e. The Morgan fingerprint density at radius 1 is 1.00 bits per heavy atom. The normalized spacial score (nSPS) is 20.0. The molecule has 244 valence electrons. The van der Waals surface area contributed by atoms with Crippen molar-refractivity contribution in [3.63, 3.8) is 0 Å². The summed E-state index contributed by atoms with van der Waals surface area (Å²) in [6.07, 6.45) is 3.17. The molecule has 48 heavy (non-hydrogen) atoms. The Kier molecular flexibility index (Phi) is 7.56. The number of benzene rings is 2. The first-order chi connectivity index (χ1) is 23.3. The minimum atomic E-state index is -0.766. The number of aromatic nitrogens is 7. The molecule has 0 aliphatic carbocycles. The van der Waals surface area contributed by atoms with Crippen LogP contribution >= 0.6 is 11.8 Å². The largest absolute Gasteiger partial charge is 0.378 e. The fraction of sp³-hybridized carbons (Fsp3) is 0.294. The van der Waals surface area contributed by atoms with Crippen LogP contribution in [0.1, 0.15) is 12.2 Å². The molecule has 1 saturated heterocycles. The van der Waals surface area contributed by atoms with Gasteiger partial charge in [0, 0.05) is 44.1 Å². The Morgan fingerprint density at radius 3 is 2.69 bits per heavy atom. The zero-order valence-electron chi connectivity index (χ0n) is 26.4. The molecule has 14 heteroatoms. The van der Waals surface area contributed by atoms with Crippen LogP contribution < -0.4 is 4.90 Å². The molecule has 6 heterocycles. The van der Waals surface area contributed by atoms with Gasteiger partial charge in [-0.2, -0.15) is 5.10 Å². The smallest absolute Gasteiger partial charge is 0.245 e. The summed E-state index contributed by atoms with van der Waals surface area (Å²) in [5, 5.41) is 5.78. The summed E-state index contributed by atoms with van der Waals surface area (Å²) in [5.41, 5.74) is 4.09. The number of ether oxygens (including phenoxy) is 1. The molecule has 0 radical (unpaired) electrons. The van der Waals surface area contributed by atoms with Gasteiger partial charge in [-0.3, -0.25) is 4.79 Å². The van der Waals surface area contributed by atoms with E-state index in [1.807, 2.05) is 42.2 Å². The lowest BCUT2D eigenvalue weighted by molar-refractivity contribution is -0.132. The number of methoxy groups -OCH3 is 1. The van der Waals surface area contributed by atoms with E-state index in [4.69, 9.17) is 14.7 Å². The summed E-state index contributed by atoms with van der Waals surface area (Å²) >= 11 is 1.63. The number of hydrogen-bond acceptors (Lipinski definition) is 9. The highest BCUT2D eigenvalue weighted by Crippen LogP contribution is 2.39.